The summed E-state index contributed by atoms with van der Waals surface area (Å²) in [6, 6.07) is 5.57. The van der Waals surface area contributed by atoms with E-state index in [4.69, 9.17) is 5.26 Å². The molecule has 2 N–H and O–H groups in total. The highest BCUT2D eigenvalue weighted by Gasteiger charge is 2.22. The summed E-state index contributed by atoms with van der Waals surface area (Å²) in [5.41, 5.74) is 1.25. The average Bonchev–Trinajstić information content (AvgIpc) is 2.46. The molecule has 6 heteroatoms. The first-order valence-electron chi connectivity index (χ1n) is 5.81. The first kappa shape index (κ1) is 12.3. The lowest BCUT2D eigenvalue weighted by molar-refractivity contribution is 0.0958. The van der Waals surface area contributed by atoms with Gasteiger partial charge in [-0.25, -0.2) is 4.98 Å². The van der Waals surface area contributed by atoms with Gasteiger partial charge in [0.2, 0.25) is 0 Å². The fraction of sp³-hybridized carbons (Fsp3) is 0.417. The van der Waals surface area contributed by atoms with Gasteiger partial charge >= 0.3 is 0 Å². The largest absolute Gasteiger partial charge is 0.354 e. The number of hydrogen-bond acceptors (Lipinski definition) is 5. The van der Waals surface area contributed by atoms with Crippen molar-refractivity contribution in [1.29, 1.82) is 5.26 Å². The van der Waals surface area contributed by atoms with E-state index in [1.54, 1.807) is 19.3 Å². The molecule has 0 aliphatic carbocycles. The SMILES string of the molecule is CNC(=O)c1ccc(N2CCNCC2C#N)cn1. The van der Waals surface area contributed by atoms with E-state index in [0.29, 0.717) is 12.2 Å². The minimum Gasteiger partial charge on any atom is -0.354 e. The van der Waals surface area contributed by atoms with Gasteiger partial charge in [-0.2, -0.15) is 5.26 Å². The predicted molar refractivity (Wildman–Crippen MR) is 67.2 cm³/mol. The third-order valence-corrected chi connectivity index (χ3v) is 2.93. The van der Waals surface area contributed by atoms with Gasteiger partial charge in [-0.1, -0.05) is 0 Å². The second kappa shape index (κ2) is 5.47. The Hall–Kier alpha value is -2.13. The van der Waals surface area contributed by atoms with Crippen molar-refractivity contribution in [2.45, 2.75) is 6.04 Å². The van der Waals surface area contributed by atoms with Crippen molar-refractivity contribution in [2.75, 3.05) is 31.6 Å². The van der Waals surface area contributed by atoms with Crippen molar-refractivity contribution in [2.24, 2.45) is 0 Å². The zero-order chi connectivity index (χ0) is 13.0. The van der Waals surface area contributed by atoms with Gasteiger partial charge in [0.1, 0.15) is 11.7 Å². The fourth-order valence-corrected chi connectivity index (χ4v) is 1.95. The predicted octanol–water partition coefficient (Wildman–Crippen LogP) is -0.257. The van der Waals surface area contributed by atoms with Crippen LogP contribution in [-0.2, 0) is 0 Å². The van der Waals surface area contributed by atoms with E-state index in [9.17, 15) is 4.79 Å². The third-order valence-electron chi connectivity index (χ3n) is 2.93. The second-order valence-electron chi connectivity index (χ2n) is 4.02. The van der Waals surface area contributed by atoms with Crippen LogP contribution in [0, 0.1) is 11.3 Å². The Morgan fingerprint density at radius 1 is 1.67 bits per heavy atom. The topological polar surface area (TPSA) is 81.0 Å². The van der Waals surface area contributed by atoms with Crippen LogP contribution in [0.15, 0.2) is 18.3 Å². The van der Waals surface area contributed by atoms with E-state index in [0.717, 1.165) is 18.8 Å². The number of carbonyl (C=O) groups is 1. The molecule has 1 aromatic heterocycles. The van der Waals surface area contributed by atoms with E-state index < -0.39 is 0 Å². The van der Waals surface area contributed by atoms with Gasteiger partial charge in [0.25, 0.3) is 5.91 Å². The van der Waals surface area contributed by atoms with Crippen LogP contribution in [0.3, 0.4) is 0 Å². The summed E-state index contributed by atoms with van der Waals surface area (Å²) in [4.78, 5) is 17.5. The number of pyridine rings is 1. The highest BCUT2D eigenvalue weighted by atomic mass is 16.1. The van der Waals surface area contributed by atoms with Crippen LogP contribution in [0.1, 0.15) is 10.5 Å². The van der Waals surface area contributed by atoms with Gasteiger partial charge in [-0.15, -0.1) is 0 Å². The van der Waals surface area contributed by atoms with Gasteiger partial charge < -0.3 is 15.5 Å². The smallest absolute Gasteiger partial charge is 0.269 e. The van der Waals surface area contributed by atoms with Gasteiger partial charge in [0.05, 0.1) is 18.0 Å². The zero-order valence-electron chi connectivity index (χ0n) is 10.2. The molecule has 0 bridgehead atoms. The molecule has 0 radical (unpaired) electrons. The number of nitrogens with one attached hydrogen (secondary N) is 2. The van der Waals surface area contributed by atoms with Gasteiger partial charge in [-0.3, -0.25) is 4.79 Å². The van der Waals surface area contributed by atoms with Gasteiger partial charge in [0, 0.05) is 26.7 Å². The van der Waals surface area contributed by atoms with Crippen molar-refractivity contribution in [1.82, 2.24) is 15.6 Å². The molecule has 0 spiro atoms. The number of anilines is 1. The summed E-state index contributed by atoms with van der Waals surface area (Å²) in [7, 11) is 1.57. The van der Waals surface area contributed by atoms with Crippen molar-refractivity contribution >= 4 is 11.6 Å². The highest BCUT2D eigenvalue weighted by molar-refractivity contribution is 5.92. The molecule has 1 fully saturated rings. The summed E-state index contributed by atoms with van der Waals surface area (Å²) < 4.78 is 0. The Labute approximate surface area is 106 Å². The lowest BCUT2D eigenvalue weighted by Crippen LogP contribution is -2.50. The Kier molecular flexibility index (Phi) is 3.75. The number of nitriles is 1. The Morgan fingerprint density at radius 3 is 3.11 bits per heavy atom. The van der Waals surface area contributed by atoms with Crippen molar-refractivity contribution < 1.29 is 4.79 Å². The quantitative estimate of drug-likeness (QED) is 0.750. The summed E-state index contributed by atoms with van der Waals surface area (Å²) >= 11 is 0. The van der Waals surface area contributed by atoms with Crippen molar-refractivity contribution in [3.63, 3.8) is 0 Å². The summed E-state index contributed by atoms with van der Waals surface area (Å²) in [5.74, 6) is -0.210. The molecule has 1 aliphatic rings. The monoisotopic (exact) mass is 245 g/mol. The van der Waals surface area contributed by atoms with Crippen LogP contribution in [0.2, 0.25) is 0 Å². The molecule has 94 valence electrons. The average molecular weight is 245 g/mol. The Balaban J connectivity index is 2.18. The first-order valence-corrected chi connectivity index (χ1v) is 5.81. The van der Waals surface area contributed by atoms with Crippen molar-refractivity contribution in [3.8, 4) is 6.07 Å². The first-order chi connectivity index (χ1) is 8.76. The number of hydrogen-bond donors (Lipinski definition) is 2. The van der Waals surface area contributed by atoms with E-state index in [1.165, 1.54) is 0 Å². The van der Waals surface area contributed by atoms with Crippen LogP contribution in [-0.4, -0.2) is 43.6 Å². The molecule has 1 aromatic rings. The molecule has 6 nitrogen and oxygen atoms in total. The molecule has 18 heavy (non-hydrogen) atoms. The molecule has 0 saturated carbocycles. The lowest BCUT2D eigenvalue weighted by Gasteiger charge is -2.33. The summed E-state index contributed by atoms with van der Waals surface area (Å²) in [6.07, 6.45) is 1.64. The van der Waals surface area contributed by atoms with Crippen molar-refractivity contribution in [3.05, 3.63) is 24.0 Å². The number of piperazine rings is 1. The zero-order valence-corrected chi connectivity index (χ0v) is 10.2. The number of aromatic nitrogens is 1. The van der Waals surface area contributed by atoms with Crippen LogP contribution < -0.4 is 15.5 Å². The summed E-state index contributed by atoms with van der Waals surface area (Å²) in [6.45, 7) is 2.25. The lowest BCUT2D eigenvalue weighted by atomic mass is 10.2. The molecule has 1 amide bonds. The standard InChI is InChI=1S/C12H15N5O/c1-14-12(18)11-3-2-9(8-16-11)17-5-4-15-7-10(17)6-13/h2-3,8,10,15H,4-5,7H2,1H3,(H,14,18). The molecule has 1 aliphatic heterocycles. The van der Waals surface area contributed by atoms with Crippen LogP contribution in [0.5, 0.6) is 0 Å². The van der Waals surface area contributed by atoms with E-state index in [1.807, 2.05) is 11.0 Å². The molecule has 2 heterocycles. The molecule has 1 unspecified atom stereocenters. The fourth-order valence-electron chi connectivity index (χ4n) is 1.95. The molecule has 2 rings (SSSR count). The van der Waals surface area contributed by atoms with E-state index >= 15 is 0 Å². The summed E-state index contributed by atoms with van der Waals surface area (Å²) in [5, 5.41) is 14.8. The normalized spacial score (nSPS) is 19.1. The number of amides is 1. The molecule has 1 saturated heterocycles. The van der Waals surface area contributed by atoms with Crippen LogP contribution in [0.4, 0.5) is 5.69 Å². The Morgan fingerprint density at radius 2 is 2.50 bits per heavy atom. The minimum atomic E-state index is -0.210. The van der Waals surface area contributed by atoms with E-state index in [-0.39, 0.29) is 11.9 Å². The molecule has 1 atom stereocenters. The highest BCUT2D eigenvalue weighted by Crippen LogP contribution is 2.17. The maximum absolute atomic E-state index is 11.4. The third kappa shape index (κ3) is 2.41. The molecule has 0 aromatic carbocycles. The molecular weight excluding hydrogens is 230 g/mol. The van der Waals surface area contributed by atoms with Gasteiger partial charge in [0.15, 0.2) is 0 Å². The van der Waals surface area contributed by atoms with Crippen LogP contribution >= 0.6 is 0 Å². The number of rotatable bonds is 2. The minimum absolute atomic E-state index is 0.189. The second-order valence-corrected chi connectivity index (χ2v) is 4.02. The molecular formula is C12H15N5O. The Bertz CT molecular complexity index is 464. The van der Waals surface area contributed by atoms with Gasteiger partial charge in [-0.05, 0) is 12.1 Å². The number of nitrogens with zero attached hydrogens (tertiary/aromatic N) is 3. The maximum atomic E-state index is 11.4. The number of carbonyl (C=O) groups excluding carboxylic acids is 1. The van der Waals surface area contributed by atoms with Crippen LogP contribution in [0.25, 0.3) is 0 Å². The maximum Gasteiger partial charge on any atom is 0.269 e. The van der Waals surface area contributed by atoms with E-state index in [2.05, 4.69) is 21.7 Å².